The molecule has 0 aromatic heterocycles. The van der Waals surface area contributed by atoms with Crippen LogP contribution in [-0.2, 0) is 12.8 Å². The molecule has 0 aliphatic heterocycles. The Morgan fingerprint density at radius 1 is 0.435 bits per heavy atom. The Morgan fingerprint density at radius 2 is 0.609 bits per heavy atom. The summed E-state index contributed by atoms with van der Waals surface area (Å²) in [6.07, 6.45) is 0. The summed E-state index contributed by atoms with van der Waals surface area (Å²) in [5.41, 5.74) is 0. The van der Waals surface area contributed by atoms with Gasteiger partial charge >= 0.3 is 33.1 Å². The molecule has 0 aliphatic rings. The predicted molar refractivity (Wildman–Crippen MR) is 121 cm³/mol. The van der Waals surface area contributed by atoms with E-state index in [1.165, 1.54) is 15.9 Å². The Hall–Kier alpha value is 0.199. The van der Waals surface area contributed by atoms with Crippen molar-refractivity contribution in [2.75, 3.05) is 0 Å². The van der Waals surface area contributed by atoms with Crippen molar-refractivity contribution in [2.24, 2.45) is 0 Å². The van der Waals surface area contributed by atoms with Gasteiger partial charge in [0.25, 0.3) is 0 Å². The summed E-state index contributed by atoms with van der Waals surface area (Å²) in [4.78, 5) is 0. The van der Waals surface area contributed by atoms with Gasteiger partial charge in [0, 0.05) is 0 Å². The van der Waals surface area contributed by atoms with Gasteiger partial charge in [-0.25, -0.2) is 0 Å². The van der Waals surface area contributed by atoms with Crippen molar-refractivity contribution in [1.82, 2.24) is 0 Å². The molecule has 0 saturated heterocycles. The van der Waals surface area contributed by atoms with E-state index in [0.29, 0.717) is 0 Å². The summed E-state index contributed by atoms with van der Waals surface area (Å²) in [6.45, 7) is 0. The van der Waals surface area contributed by atoms with E-state index in [1.54, 1.807) is 20.3 Å². The van der Waals surface area contributed by atoms with E-state index >= 15 is 0 Å². The normalized spacial score (nSPS) is 8.26. The van der Waals surface area contributed by atoms with Crippen molar-refractivity contribution in [3.8, 4) is 0 Å². The van der Waals surface area contributed by atoms with Crippen LogP contribution in [0.15, 0.2) is 91.0 Å². The summed E-state index contributed by atoms with van der Waals surface area (Å²) in [7, 11) is 7.89. The molecular formula is C18H21CuIP3. The summed E-state index contributed by atoms with van der Waals surface area (Å²) in [5.74, 6) is 0. The van der Waals surface area contributed by atoms with E-state index in [9.17, 15) is 0 Å². The van der Waals surface area contributed by atoms with E-state index in [0.717, 1.165) is 0 Å². The molecule has 0 amide bonds. The van der Waals surface area contributed by atoms with Gasteiger partial charge in [-0.3, -0.25) is 0 Å². The van der Waals surface area contributed by atoms with Gasteiger partial charge in [0.05, 0.1) is 0 Å². The number of hydrogen-bond donors (Lipinski definition) is 0. The fraction of sp³-hybridized carbons (Fsp3) is 0. The minimum atomic E-state index is 1.24. The van der Waals surface area contributed by atoms with Gasteiger partial charge in [-0.05, 0) is 15.9 Å². The molecule has 3 aromatic carbocycles. The molecular weight excluding hydrogens is 500 g/mol. The number of halogens is 1. The molecule has 0 aliphatic carbocycles. The second-order valence-electron chi connectivity index (χ2n) is 4.23. The van der Waals surface area contributed by atoms with Crippen molar-refractivity contribution in [1.29, 1.82) is 0 Å². The van der Waals surface area contributed by atoms with Crippen molar-refractivity contribution in [2.45, 2.75) is 0 Å². The van der Waals surface area contributed by atoms with Gasteiger partial charge in [0.2, 0.25) is 0 Å². The second kappa shape index (κ2) is 17.0. The fourth-order valence-corrected chi connectivity index (χ4v) is 2.03. The third kappa shape index (κ3) is 15.5. The standard InChI is InChI=1S/3C6H7P.Cu.HI/c3*7-6-4-2-1-3-5-6;;/h3*1-5H,7H2;;1H/q;;;+1;/p-1. The Labute approximate surface area is 166 Å². The van der Waals surface area contributed by atoms with Crippen LogP contribution in [0.3, 0.4) is 0 Å². The second-order valence-corrected chi connectivity index (χ2v) is 6.23. The average Bonchev–Trinajstić information content (AvgIpc) is 2.60. The fourth-order valence-electron chi connectivity index (χ4n) is 1.36. The molecule has 126 valence electrons. The average molecular weight is 521 g/mol. The molecule has 0 radical (unpaired) electrons. The van der Waals surface area contributed by atoms with Gasteiger partial charge < -0.3 is 0 Å². The summed E-state index contributed by atoms with van der Waals surface area (Å²) >= 11 is 5.87. The monoisotopic (exact) mass is 520 g/mol. The van der Waals surface area contributed by atoms with E-state index in [-0.39, 0.29) is 0 Å². The van der Waals surface area contributed by atoms with Crippen LogP contribution in [0.4, 0.5) is 0 Å². The molecule has 23 heavy (non-hydrogen) atoms. The van der Waals surface area contributed by atoms with E-state index in [4.69, 9.17) is 0 Å². The first-order valence-electron chi connectivity index (χ1n) is 6.71. The Balaban J connectivity index is 0.000000299. The van der Waals surface area contributed by atoms with Crippen LogP contribution in [0.5, 0.6) is 0 Å². The Kier molecular flexibility index (Phi) is 17.2. The molecule has 3 rings (SSSR count). The molecule has 3 unspecified atom stereocenters. The predicted octanol–water partition coefficient (Wildman–Crippen LogP) is 4.44. The van der Waals surface area contributed by atoms with Gasteiger partial charge in [-0.1, -0.05) is 91.0 Å². The molecule has 0 bridgehead atoms. The number of benzene rings is 3. The van der Waals surface area contributed by atoms with Crippen LogP contribution in [0.25, 0.3) is 0 Å². The molecule has 3 aromatic rings. The Bertz CT molecular complexity index is 503. The van der Waals surface area contributed by atoms with Crippen molar-refractivity contribution >= 4 is 64.0 Å². The van der Waals surface area contributed by atoms with Crippen LogP contribution in [0.1, 0.15) is 0 Å². The van der Waals surface area contributed by atoms with E-state index < -0.39 is 0 Å². The molecule has 3 atom stereocenters. The quantitative estimate of drug-likeness (QED) is 0.234. The zero-order valence-electron chi connectivity index (χ0n) is 12.6. The topological polar surface area (TPSA) is 0 Å². The van der Waals surface area contributed by atoms with Gasteiger partial charge in [-0.15, -0.1) is 27.7 Å². The van der Waals surface area contributed by atoms with Crippen LogP contribution >= 0.6 is 48.1 Å². The van der Waals surface area contributed by atoms with E-state index in [1.807, 2.05) is 91.0 Å². The number of rotatable bonds is 0. The van der Waals surface area contributed by atoms with Crippen LogP contribution < -0.4 is 15.9 Å². The SMILES string of the molecule is Pc1ccccc1.Pc1ccccc1.Pc1ccccc1.[Cu][I]. The minimum absolute atomic E-state index is 1.24. The first-order valence-corrected chi connectivity index (χ1v) is 11.5. The van der Waals surface area contributed by atoms with Crippen molar-refractivity contribution in [3.05, 3.63) is 91.0 Å². The van der Waals surface area contributed by atoms with Crippen molar-refractivity contribution < 1.29 is 12.8 Å². The van der Waals surface area contributed by atoms with Crippen LogP contribution in [-0.4, -0.2) is 0 Å². The maximum atomic E-state index is 4.16. The molecule has 0 saturated carbocycles. The summed E-state index contributed by atoms with van der Waals surface area (Å²) in [6, 6.07) is 30.4. The summed E-state index contributed by atoms with van der Waals surface area (Å²) in [5, 5.41) is 3.72. The molecule has 0 nitrogen and oxygen atoms in total. The zero-order chi connectivity index (χ0) is 17.3. The molecule has 5 heteroatoms. The third-order valence-electron chi connectivity index (χ3n) is 2.40. The maximum absolute atomic E-state index is 4.16. The van der Waals surface area contributed by atoms with Gasteiger partial charge in [0.1, 0.15) is 0 Å². The third-order valence-corrected chi connectivity index (χ3v) is 3.55. The molecule has 0 heterocycles. The van der Waals surface area contributed by atoms with Crippen LogP contribution in [0, 0.1) is 0 Å². The molecule has 0 N–H and O–H groups in total. The van der Waals surface area contributed by atoms with Crippen LogP contribution in [0.2, 0.25) is 0 Å². The number of hydrogen-bond acceptors (Lipinski definition) is 0. The Morgan fingerprint density at radius 3 is 0.696 bits per heavy atom. The molecule has 0 fully saturated rings. The first kappa shape index (κ1) is 23.2. The zero-order valence-corrected chi connectivity index (χ0v) is 19.1. The van der Waals surface area contributed by atoms with Gasteiger partial charge in [-0.2, -0.15) is 0 Å². The molecule has 0 spiro atoms. The first-order chi connectivity index (χ1) is 11.2. The van der Waals surface area contributed by atoms with E-state index in [2.05, 4.69) is 40.5 Å². The summed E-state index contributed by atoms with van der Waals surface area (Å²) < 4.78 is 0. The van der Waals surface area contributed by atoms with Crippen molar-refractivity contribution in [3.63, 3.8) is 0 Å². The van der Waals surface area contributed by atoms with Gasteiger partial charge in [0.15, 0.2) is 0 Å².